The molecule has 0 unspecified atom stereocenters. The standard InChI is InChI=1S/C31H30N4O.C2HF3O2/c1-34-29-7-3-2-6-25(29)31(30(34)36)19-26(31)23-13-14-24-27(32-33-28(24)18-23)15-12-21-8-10-22(11-9-21)20-35-16-4-5-17-35;3-2(4,5)1(6)7/h2-3,6-15,18,26H,4-5,16-17,19-20H2,1H3,(H,32,33);(H,6,7)/b15-12+;/t26-,31-;/m0./s1. The molecule has 222 valence electrons. The van der Waals surface area contributed by atoms with E-state index in [0.29, 0.717) is 0 Å². The first kappa shape index (κ1) is 28.7. The van der Waals surface area contributed by atoms with E-state index in [9.17, 15) is 18.0 Å². The van der Waals surface area contributed by atoms with Gasteiger partial charge in [-0.15, -0.1) is 0 Å². The zero-order valence-electron chi connectivity index (χ0n) is 23.6. The number of rotatable bonds is 5. The summed E-state index contributed by atoms with van der Waals surface area (Å²) >= 11 is 0. The molecule has 2 atom stereocenters. The number of hydrogen-bond donors (Lipinski definition) is 2. The number of likely N-dealkylation sites (tertiary alicyclic amines) is 1. The second-order valence-electron chi connectivity index (χ2n) is 11.4. The van der Waals surface area contributed by atoms with Gasteiger partial charge in [-0.2, -0.15) is 18.3 Å². The fraction of sp³-hybridized carbons (Fsp3) is 0.303. The van der Waals surface area contributed by atoms with Crippen LogP contribution >= 0.6 is 0 Å². The normalized spacial score (nSPS) is 21.4. The van der Waals surface area contributed by atoms with E-state index in [2.05, 4.69) is 81.8 Å². The number of benzene rings is 3. The van der Waals surface area contributed by atoms with Crippen LogP contribution in [-0.2, 0) is 21.5 Å². The topological polar surface area (TPSA) is 89.5 Å². The molecule has 1 spiro atoms. The SMILES string of the molecule is CN1C(=O)[C@@]2(C[C@H]2c2ccc3c(/C=C/c4ccc(CN5CCCC5)cc4)n[nH]c3c2)c2ccccc21.O=C(O)C(F)(F)F. The average Bonchev–Trinajstić information content (AvgIpc) is 3.22. The summed E-state index contributed by atoms with van der Waals surface area (Å²) in [6.07, 6.45) is 2.64. The van der Waals surface area contributed by atoms with Crippen LogP contribution in [0.1, 0.15) is 53.1 Å². The second kappa shape index (κ2) is 11.0. The van der Waals surface area contributed by atoms with Crippen LogP contribution in [0.5, 0.6) is 0 Å². The van der Waals surface area contributed by atoms with Gasteiger partial charge in [0.2, 0.25) is 5.91 Å². The minimum atomic E-state index is -5.08. The summed E-state index contributed by atoms with van der Waals surface area (Å²) in [6.45, 7) is 3.49. The minimum absolute atomic E-state index is 0.210. The minimum Gasteiger partial charge on any atom is -0.475 e. The molecule has 0 radical (unpaired) electrons. The zero-order valence-corrected chi connectivity index (χ0v) is 23.6. The summed E-state index contributed by atoms with van der Waals surface area (Å²) in [6, 6.07) is 23.6. The number of alkyl halides is 3. The number of nitrogens with zero attached hydrogens (tertiary/aromatic N) is 3. The summed E-state index contributed by atoms with van der Waals surface area (Å²) < 4.78 is 31.7. The number of carboxylic acid groups (broad SMARTS) is 1. The van der Waals surface area contributed by atoms with E-state index >= 15 is 0 Å². The molecule has 3 heterocycles. The number of halogens is 3. The number of H-pyrrole nitrogens is 1. The van der Waals surface area contributed by atoms with Crippen LogP contribution in [0.3, 0.4) is 0 Å². The van der Waals surface area contributed by atoms with Gasteiger partial charge in [0, 0.05) is 30.6 Å². The molecule has 10 heteroatoms. The van der Waals surface area contributed by atoms with Crippen LogP contribution in [0.4, 0.5) is 18.9 Å². The Bertz CT molecular complexity index is 1710. The highest BCUT2D eigenvalue weighted by atomic mass is 19.4. The van der Waals surface area contributed by atoms with Gasteiger partial charge in [-0.05, 0) is 72.8 Å². The molecule has 2 aliphatic heterocycles. The first-order valence-electron chi connectivity index (χ1n) is 14.2. The lowest BCUT2D eigenvalue weighted by Crippen LogP contribution is -2.29. The van der Waals surface area contributed by atoms with Gasteiger partial charge in [-0.1, -0.05) is 60.7 Å². The number of carboxylic acids is 1. The van der Waals surface area contributed by atoms with Crippen LogP contribution in [0.2, 0.25) is 0 Å². The Morgan fingerprint density at radius 2 is 1.77 bits per heavy atom. The van der Waals surface area contributed by atoms with Gasteiger partial charge in [0.25, 0.3) is 0 Å². The largest absolute Gasteiger partial charge is 0.490 e. The van der Waals surface area contributed by atoms with Crippen molar-refractivity contribution < 1.29 is 27.9 Å². The molecule has 2 fully saturated rings. The third kappa shape index (κ3) is 5.43. The molecule has 1 aromatic heterocycles. The molecular formula is C33H31F3N4O3. The molecule has 1 saturated carbocycles. The van der Waals surface area contributed by atoms with Crippen molar-refractivity contribution >= 4 is 40.6 Å². The molecule has 2 N–H and O–H groups in total. The predicted molar refractivity (Wildman–Crippen MR) is 159 cm³/mol. The van der Waals surface area contributed by atoms with E-state index in [1.54, 1.807) is 0 Å². The third-order valence-corrected chi connectivity index (χ3v) is 8.67. The van der Waals surface area contributed by atoms with Crippen LogP contribution in [0, 0.1) is 0 Å². The van der Waals surface area contributed by atoms with Gasteiger partial charge in [0.15, 0.2) is 0 Å². The van der Waals surface area contributed by atoms with Crippen LogP contribution in [-0.4, -0.2) is 58.4 Å². The number of hydrogen-bond acceptors (Lipinski definition) is 4. The molecule has 3 aliphatic rings. The predicted octanol–water partition coefficient (Wildman–Crippen LogP) is 6.36. The monoisotopic (exact) mass is 588 g/mol. The molecule has 4 aromatic rings. The van der Waals surface area contributed by atoms with Gasteiger partial charge < -0.3 is 10.0 Å². The van der Waals surface area contributed by atoms with Gasteiger partial charge in [0.1, 0.15) is 0 Å². The highest BCUT2D eigenvalue weighted by Crippen LogP contribution is 2.66. The summed E-state index contributed by atoms with van der Waals surface area (Å²) in [7, 11) is 1.89. The fourth-order valence-corrected chi connectivity index (χ4v) is 6.38. The fourth-order valence-electron chi connectivity index (χ4n) is 6.38. The van der Waals surface area contributed by atoms with Crippen molar-refractivity contribution in [2.45, 2.75) is 43.3 Å². The Kier molecular flexibility index (Phi) is 7.33. The summed E-state index contributed by atoms with van der Waals surface area (Å²) in [4.78, 5) is 26.5. The first-order chi connectivity index (χ1) is 20.6. The highest BCUT2D eigenvalue weighted by Gasteiger charge is 2.66. The van der Waals surface area contributed by atoms with Crippen LogP contribution < -0.4 is 4.90 Å². The zero-order chi connectivity index (χ0) is 30.4. The van der Waals surface area contributed by atoms with Crippen LogP contribution in [0.15, 0.2) is 66.7 Å². The van der Waals surface area contributed by atoms with E-state index in [-0.39, 0.29) is 11.8 Å². The van der Waals surface area contributed by atoms with E-state index in [1.165, 1.54) is 48.2 Å². The van der Waals surface area contributed by atoms with Crippen molar-refractivity contribution in [1.29, 1.82) is 0 Å². The molecule has 7 rings (SSSR count). The van der Waals surface area contributed by atoms with Crippen molar-refractivity contribution in [3.05, 3.63) is 94.7 Å². The smallest absolute Gasteiger partial charge is 0.475 e. The number of para-hydroxylation sites is 1. The lowest BCUT2D eigenvalue weighted by Gasteiger charge is -2.14. The second-order valence-corrected chi connectivity index (χ2v) is 11.4. The lowest BCUT2D eigenvalue weighted by atomic mass is 9.92. The number of carbonyl (C=O) groups excluding carboxylic acids is 1. The molecule has 1 saturated heterocycles. The summed E-state index contributed by atoms with van der Waals surface area (Å²) in [5.74, 6) is -2.33. The number of aromatic nitrogens is 2. The van der Waals surface area contributed by atoms with E-state index < -0.39 is 17.6 Å². The molecule has 43 heavy (non-hydrogen) atoms. The van der Waals surface area contributed by atoms with E-state index in [1.807, 2.05) is 24.1 Å². The van der Waals surface area contributed by atoms with Gasteiger partial charge >= 0.3 is 12.1 Å². The van der Waals surface area contributed by atoms with Gasteiger partial charge in [-0.25, -0.2) is 4.79 Å². The molecule has 7 nitrogen and oxygen atoms in total. The maximum atomic E-state index is 13.2. The Hall–Kier alpha value is -4.44. The number of aliphatic carboxylic acids is 1. The number of carbonyl (C=O) groups is 2. The van der Waals surface area contributed by atoms with Crippen molar-refractivity contribution in [3.8, 4) is 0 Å². The third-order valence-electron chi connectivity index (χ3n) is 8.67. The number of fused-ring (bicyclic) bond motifs is 3. The number of aromatic amines is 1. The molecular weight excluding hydrogens is 557 g/mol. The van der Waals surface area contributed by atoms with Crippen molar-refractivity contribution in [3.63, 3.8) is 0 Å². The average molecular weight is 589 g/mol. The van der Waals surface area contributed by atoms with Gasteiger partial charge in [0.05, 0.1) is 16.6 Å². The number of amides is 1. The molecule has 1 amide bonds. The van der Waals surface area contributed by atoms with Crippen LogP contribution in [0.25, 0.3) is 23.1 Å². The number of nitrogens with one attached hydrogen (secondary N) is 1. The Labute approximate surface area is 246 Å². The Morgan fingerprint density at radius 3 is 2.47 bits per heavy atom. The lowest BCUT2D eigenvalue weighted by molar-refractivity contribution is -0.192. The number of anilines is 1. The van der Waals surface area contributed by atoms with Crippen molar-refractivity contribution in [2.24, 2.45) is 0 Å². The maximum Gasteiger partial charge on any atom is 0.490 e. The summed E-state index contributed by atoms with van der Waals surface area (Å²) in [5, 5.41) is 16.0. The van der Waals surface area contributed by atoms with Crippen molar-refractivity contribution in [1.82, 2.24) is 15.1 Å². The van der Waals surface area contributed by atoms with E-state index in [4.69, 9.17) is 9.90 Å². The van der Waals surface area contributed by atoms with Crippen molar-refractivity contribution in [2.75, 3.05) is 25.0 Å². The van der Waals surface area contributed by atoms with E-state index in [0.717, 1.165) is 35.2 Å². The first-order valence-corrected chi connectivity index (χ1v) is 14.2. The quantitative estimate of drug-likeness (QED) is 0.283. The molecule has 0 bridgehead atoms. The van der Waals surface area contributed by atoms with Gasteiger partial charge in [-0.3, -0.25) is 14.8 Å². The number of likely N-dealkylation sites (N-methyl/N-ethyl adjacent to an activating group) is 1. The highest BCUT2D eigenvalue weighted by molar-refractivity contribution is 6.11. The summed E-state index contributed by atoms with van der Waals surface area (Å²) in [5.41, 5.74) is 7.52. The molecule has 1 aliphatic carbocycles. The maximum absolute atomic E-state index is 13.2. The Morgan fingerprint density at radius 1 is 1.07 bits per heavy atom. The Balaban J connectivity index is 0.000000423. The molecule has 3 aromatic carbocycles.